The molecule has 0 bridgehead atoms. The van der Waals surface area contributed by atoms with Gasteiger partial charge in [0, 0.05) is 28.4 Å². The minimum Gasteiger partial charge on any atom is -0.506 e. The third-order valence-electron chi connectivity index (χ3n) is 2.42. The Morgan fingerprint density at radius 1 is 1.00 bits per heavy atom. The summed E-state index contributed by atoms with van der Waals surface area (Å²) in [6.07, 6.45) is -1.73. The van der Waals surface area contributed by atoms with Gasteiger partial charge in [-0.2, -0.15) is 13.2 Å². The zero-order chi connectivity index (χ0) is 20.0. The highest BCUT2D eigenvalue weighted by atomic mass is 79.9. The molecule has 146 valence electrons. The fourth-order valence-electron chi connectivity index (χ4n) is 1.34. The van der Waals surface area contributed by atoms with Gasteiger partial charge in [0.2, 0.25) is 0 Å². The average molecular weight is 567 g/mol. The van der Waals surface area contributed by atoms with E-state index in [-0.39, 0.29) is 18.1 Å². The monoisotopic (exact) mass is 564 g/mol. The van der Waals surface area contributed by atoms with Crippen LogP contribution in [0, 0.1) is 6.92 Å². The summed E-state index contributed by atoms with van der Waals surface area (Å²) in [5.74, 6) is 0.0203. The van der Waals surface area contributed by atoms with Gasteiger partial charge >= 0.3 is 6.18 Å². The highest BCUT2D eigenvalue weighted by Crippen LogP contribution is 2.33. The fourth-order valence-corrected chi connectivity index (χ4v) is 1.51. The first kappa shape index (κ1) is 25.1. The quantitative estimate of drug-likeness (QED) is 0.479. The first-order chi connectivity index (χ1) is 12.3. The van der Waals surface area contributed by atoms with E-state index in [1.807, 2.05) is 0 Å². The Bertz CT molecular complexity index is 609. The van der Waals surface area contributed by atoms with Crippen molar-refractivity contribution in [3.8, 4) is 11.5 Å². The summed E-state index contributed by atoms with van der Waals surface area (Å²) in [6.45, 7) is 1.93. The molecule has 0 amide bonds. The van der Waals surface area contributed by atoms with Crippen LogP contribution in [-0.4, -0.2) is 37.7 Å². The van der Waals surface area contributed by atoms with Crippen molar-refractivity contribution in [2.24, 2.45) is 0 Å². The number of hydrogen-bond donors (Lipinski definition) is 1. The molecule has 0 spiro atoms. The van der Waals surface area contributed by atoms with Crippen LogP contribution in [0.2, 0.25) is 0 Å². The molecule has 2 rings (SSSR count). The smallest absolute Gasteiger partial charge is 0.437 e. The summed E-state index contributed by atoms with van der Waals surface area (Å²) in [7, 11) is 0. The molecule has 0 aromatic carbocycles. The number of halogens is 6. The molecule has 26 heavy (non-hydrogen) atoms. The second kappa shape index (κ2) is 14.2. The fraction of sp³-hybridized carbons (Fsp3) is 0.375. The lowest BCUT2D eigenvalue weighted by molar-refractivity contribution is -0.142. The van der Waals surface area contributed by atoms with Gasteiger partial charge in [-0.25, -0.2) is 4.98 Å². The van der Waals surface area contributed by atoms with Crippen LogP contribution in [0.15, 0.2) is 36.7 Å². The Labute approximate surface area is 175 Å². The molecule has 0 fully saturated rings. The van der Waals surface area contributed by atoms with Crippen molar-refractivity contribution >= 4 is 47.8 Å². The number of hydrogen-bond acceptors (Lipinski definition) is 4. The van der Waals surface area contributed by atoms with Gasteiger partial charge in [-0.05, 0) is 31.2 Å². The molecule has 2 heterocycles. The molecule has 0 aliphatic rings. The van der Waals surface area contributed by atoms with E-state index in [0.717, 1.165) is 16.9 Å². The van der Waals surface area contributed by atoms with Gasteiger partial charge in [0.15, 0.2) is 5.69 Å². The van der Waals surface area contributed by atoms with Crippen LogP contribution < -0.4 is 4.74 Å². The Hall–Kier alpha value is -0.870. The first-order valence-electron chi connectivity index (χ1n) is 7.21. The molecule has 2 aromatic rings. The van der Waals surface area contributed by atoms with Gasteiger partial charge in [-0.1, -0.05) is 47.8 Å². The van der Waals surface area contributed by atoms with Crippen molar-refractivity contribution < 1.29 is 23.0 Å². The largest absolute Gasteiger partial charge is 0.506 e. The summed E-state index contributed by atoms with van der Waals surface area (Å²) < 4.78 is 41.8. The number of aryl methyl sites for hydroxylation is 1. The van der Waals surface area contributed by atoms with E-state index < -0.39 is 11.9 Å². The SMILES string of the molecule is BrCCBr.Cc1ncccc1O.FC(F)(F)c1ncccc1OCCBr. The third kappa shape index (κ3) is 11.0. The van der Waals surface area contributed by atoms with E-state index in [1.54, 1.807) is 25.3 Å². The van der Waals surface area contributed by atoms with E-state index >= 15 is 0 Å². The molecule has 0 aliphatic carbocycles. The Morgan fingerprint density at radius 3 is 2.00 bits per heavy atom. The Balaban J connectivity index is 0.000000437. The van der Waals surface area contributed by atoms with Crippen molar-refractivity contribution in [2.45, 2.75) is 13.1 Å². The number of rotatable bonds is 4. The first-order valence-corrected chi connectivity index (χ1v) is 10.6. The lowest BCUT2D eigenvalue weighted by Gasteiger charge is -2.11. The van der Waals surface area contributed by atoms with Crippen LogP contribution in [0.5, 0.6) is 11.5 Å². The maximum Gasteiger partial charge on any atom is 0.437 e. The second-order valence-electron chi connectivity index (χ2n) is 4.37. The van der Waals surface area contributed by atoms with Gasteiger partial charge < -0.3 is 9.84 Å². The Kier molecular flexibility index (Phi) is 13.7. The third-order valence-corrected chi connectivity index (χ3v) is 4.61. The topological polar surface area (TPSA) is 55.2 Å². The highest BCUT2D eigenvalue weighted by Gasteiger charge is 2.36. The number of ether oxygens (including phenoxy) is 1. The maximum absolute atomic E-state index is 12.3. The molecule has 0 saturated heterocycles. The minimum atomic E-state index is -4.47. The predicted octanol–water partition coefficient (Wildman–Crippen LogP) is 5.75. The van der Waals surface area contributed by atoms with Gasteiger partial charge in [-0.15, -0.1) is 0 Å². The normalized spacial score (nSPS) is 10.1. The standard InChI is InChI=1S/C8H7BrF3NO.C6H7NO.C2H4Br2/c9-3-5-14-6-2-1-4-13-7(6)8(10,11)12;1-5-6(8)3-2-4-7-5;3-1-2-4/h1-2,4H,3,5H2;2-4,8H,1H3;1-2H2. The van der Waals surface area contributed by atoms with Crippen LogP contribution in [0.25, 0.3) is 0 Å². The van der Waals surface area contributed by atoms with E-state index in [9.17, 15) is 13.2 Å². The molecule has 4 nitrogen and oxygen atoms in total. The van der Waals surface area contributed by atoms with E-state index in [1.165, 1.54) is 12.1 Å². The zero-order valence-corrected chi connectivity index (χ0v) is 18.6. The summed E-state index contributed by atoms with van der Waals surface area (Å²) in [5.41, 5.74) is -0.312. The van der Waals surface area contributed by atoms with E-state index in [4.69, 9.17) is 9.84 Å². The van der Waals surface area contributed by atoms with Crippen LogP contribution >= 0.6 is 47.8 Å². The molecule has 10 heteroatoms. The lowest BCUT2D eigenvalue weighted by Crippen LogP contribution is -2.11. The molecule has 0 aliphatic heterocycles. The van der Waals surface area contributed by atoms with Crippen LogP contribution in [0.4, 0.5) is 13.2 Å². The van der Waals surface area contributed by atoms with Crippen molar-refractivity contribution in [1.82, 2.24) is 9.97 Å². The molecule has 2 aromatic heterocycles. The number of pyridine rings is 2. The van der Waals surface area contributed by atoms with E-state index in [2.05, 4.69) is 57.8 Å². The second-order valence-corrected chi connectivity index (χ2v) is 6.75. The maximum atomic E-state index is 12.3. The predicted molar refractivity (Wildman–Crippen MR) is 107 cm³/mol. The van der Waals surface area contributed by atoms with Gasteiger partial charge in [-0.3, -0.25) is 4.98 Å². The van der Waals surface area contributed by atoms with Crippen molar-refractivity contribution in [3.05, 3.63) is 48.0 Å². The van der Waals surface area contributed by atoms with E-state index in [0.29, 0.717) is 11.0 Å². The molecule has 0 radical (unpaired) electrons. The molecule has 0 saturated carbocycles. The summed E-state index contributed by atoms with van der Waals surface area (Å²) in [4.78, 5) is 7.07. The minimum absolute atomic E-state index is 0.175. The van der Waals surface area contributed by atoms with Crippen molar-refractivity contribution in [1.29, 1.82) is 0 Å². The number of alkyl halides is 6. The highest BCUT2D eigenvalue weighted by molar-refractivity contribution is 9.12. The molecule has 1 N–H and O–H groups in total. The van der Waals surface area contributed by atoms with Crippen LogP contribution in [0.1, 0.15) is 11.4 Å². The molecule has 0 atom stereocenters. The van der Waals surface area contributed by atoms with Gasteiger partial charge in [0.05, 0.1) is 12.3 Å². The Morgan fingerprint density at radius 2 is 1.58 bits per heavy atom. The number of nitrogens with zero attached hydrogens (tertiary/aromatic N) is 2. The average Bonchev–Trinajstić information content (AvgIpc) is 2.62. The zero-order valence-electron chi connectivity index (χ0n) is 13.8. The summed E-state index contributed by atoms with van der Waals surface area (Å²) in [6, 6.07) is 5.96. The lowest BCUT2D eigenvalue weighted by atomic mass is 10.3. The molecule has 0 unspecified atom stereocenters. The van der Waals surface area contributed by atoms with Crippen molar-refractivity contribution in [3.63, 3.8) is 0 Å². The van der Waals surface area contributed by atoms with Crippen LogP contribution in [-0.2, 0) is 6.18 Å². The number of aromatic hydroxyl groups is 1. The van der Waals surface area contributed by atoms with Gasteiger partial charge in [0.1, 0.15) is 11.5 Å². The number of aromatic nitrogens is 2. The summed E-state index contributed by atoms with van der Waals surface area (Å²) in [5, 5.41) is 11.4. The van der Waals surface area contributed by atoms with Crippen LogP contribution in [0.3, 0.4) is 0 Å². The van der Waals surface area contributed by atoms with Gasteiger partial charge in [0.25, 0.3) is 0 Å². The summed E-state index contributed by atoms with van der Waals surface area (Å²) >= 11 is 9.46. The molecular formula is C16H18Br3F3N2O2. The van der Waals surface area contributed by atoms with Crippen molar-refractivity contribution in [2.75, 3.05) is 22.6 Å². The molecular weight excluding hydrogens is 549 g/mol.